The SMILES string of the molecule is CC[C@@H](C(=O)Nc1cccc(OC)c1)N(c1cccc(Cl)c1)S(C)(=O)=O. The topological polar surface area (TPSA) is 75.7 Å². The lowest BCUT2D eigenvalue weighted by molar-refractivity contribution is -0.117. The summed E-state index contributed by atoms with van der Waals surface area (Å²) < 4.78 is 31.0. The van der Waals surface area contributed by atoms with Crippen LogP contribution in [0.1, 0.15) is 13.3 Å². The Morgan fingerprint density at radius 2 is 1.92 bits per heavy atom. The lowest BCUT2D eigenvalue weighted by Crippen LogP contribution is -2.47. The van der Waals surface area contributed by atoms with Gasteiger partial charge in [0.2, 0.25) is 15.9 Å². The zero-order valence-electron chi connectivity index (χ0n) is 14.8. The highest BCUT2D eigenvalue weighted by Gasteiger charge is 2.31. The third-order valence-electron chi connectivity index (χ3n) is 3.73. The molecule has 1 N–H and O–H groups in total. The number of hydrogen-bond acceptors (Lipinski definition) is 4. The third kappa shape index (κ3) is 4.89. The van der Waals surface area contributed by atoms with Gasteiger partial charge >= 0.3 is 0 Å². The van der Waals surface area contributed by atoms with Crippen LogP contribution >= 0.6 is 11.6 Å². The van der Waals surface area contributed by atoms with Crippen molar-refractivity contribution in [3.8, 4) is 5.75 Å². The van der Waals surface area contributed by atoms with Crippen molar-refractivity contribution in [1.29, 1.82) is 0 Å². The predicted molar refractivity (Wildman–Crippen MR) is 104 cm³/mol. The van der Waals surface area contributed by atoms with Crippen LogP contribution in [0.2, 0.25) is 5.02 Å². The van der Waals surface area contributed by atoms with E-state index in [-0.39, 0.29) is 6.42 Å². The van der Waals surface area contributed by atoms with E-state index in [1.807, 2.05) is 0 Å². The standard InChI is InChI=1S/C18H21ClN2O4S/c1-4-17(18(22)20-14-8-6-10-16(12-14)25-2)21(26(3,23)24)15-9-5-7-13(19)11-15/h5-12,17H,4H2,1-3H3,(H,20,22)/t17-/m0/s1. The van der Waals surface area contributed by atoms with Gasteiger partial charge in [-0.25, -0.2) is 8.42 Å². The Balaban J connectivity index is 2.36. The molecule has 0 bridgehead atoms. The molecule has 26 heavy (non-hydrogen) atoms. The number of halogens is 1. The summed E-state index contributed by atoms with van der Waals surface area (Å²) in [6.07, 6.45) is 1.35. The number of carbonyl (C=O) groups excluding carboxylic acids is 1. The van der Waals surface area contributed by atoms with Crippen LogP contribution in [0.15, 0.2) is 48.5 Å². The number of anilines is 2. The van der Waals surface area contributed by atoms with E-state index < -0.39 is 22.0 Å². The van der Waals surface area contributed by atoms with Gasteiger partial charge in [-0.05, 0) is 36.8 Å². The number of methoxy groups -OCH3 is 1. The lowest BCUT2D eigenvalue weighted by Gasteiger charge is -2.30. The molecule has 0 aliphatic heterocycles. The van der Waals surface area contributed by atoms with Gasteiger partial charge in [0, 0.05) is 16.8 Å². The summed E-state index contributed by atoms with van der Waals surface area (Å²) in [5.74, 6) is 0.150. The van der Waals surface area contributed by atoms with Crippen molar-refractivity contribution in [3.05, 3.63) is 53.6 Å². The van der Waals surface area contributed by atoms with Crippen LogP contribution in [0.25, 0.3) is 0 Å². The molecule has 140 valence electrons. The minimum Gasteiger partial charge on any atom is -0.497 e. The van der Waals surface area contributed by atoms with Crippen LogP contribution in [0.3, 0.4) is 0 Å². The Labute approximate surface area is 158 Å². The second kappa shape index (κ2) is 8.42. The van der Waals surface area contributed by atoms with E-state index >= 15 is 0 Å². The molecule has 6 nitrogen and oxygen atoms in total. The van der Waals surface area contributed by atoms with Gasteiger partial charge in [-0.2, -0.15) is 0 Å². The fourth-order valence-corrected chi connectivity index (χ4v) is 3.99. The first kappa shape index (κ1) is 20.1. The molecule has 0 spiro atoms. The zero-order valence-corrected chi connectivity index (χ0v) is 16.3. The second-order valence-electron chi connectivity index (χ2n) is 5.68. The van der Waals surface area contributed by atoms with Gasteiger partial charge in [0.15, 0.2) is 0 Å². The van der Waals surface area contributed by atoms with E-state index in [9.17, 15) is 13.2 Å². The highest BCUT2D eigenvalue weighted by molar-refractivity contribution is 7.92. The molecule has 0 radical (unpaired) electrons. The number of amides is 1. The van der Waals surface area contributed by atoms with Crippen molar-refractivity contribution >= 4 is 38.9 Å². The first-order valence-electron chi connectivity index (χ1n) is 7.96. The molecule has 0 aliphatic carbocycles. The fraction of sp³-hybridized carbons (Fsp3) is 0.278. The van der Waals surface area contributed by atoms with E-state index in [2.05, 4.69) is 5.32 Å². The van der Waals surface area contributed by atoms with Gasteiger partial charge < -0.3 is 10.1 Å². The summed E-state index contributed by atoms with van der Waals surface area (Å²) in [5.41, 5.74) is 0.861. The summed E-state index contributed by atoms with van der Waals surface area (Å²) >= 11 is 5.99. The van der Waals surface area contributed by atoms with Crippen molar-refractivity contribution in [2.24, 2.45) is 0 Å². The molecule has 0 unspecified atom stereocenters. The molecule has 0 aromatic heterocycles. The normalized spacial score (nSPS) is 12.3. The molecule has 1 amide bonds. The van der Waals surface area contributed by atoms with E-state index in [4.69, 9.17) is 16.3 Å². The third-order valence-corrected chi connectivity index (χ3v) is 5.14. The molecule has 0 fully saturated rings. The quantitative estimate of drug-likeness (QED) is 0.776. The maximum absolute atomic E-state index is 12.8. The summed E-state index contributed by atoms with van der Waals surface area (Å²) in [6, 6.07) is 12.3. The van der Waals surface area contributed by atoms with Gasteiger partial charge in [0.25, 0.3) is 0 Å². The van der Waals surface area contributed by atoms with Crippen molar-refractivity contribution < 1.29 is 17.9 Å². The molecular weight excluding hydrogens is 376 g/mol. The monoisotopic (exact) mass is 396 g/mol. The molecule has 0 saturated heterocycles. The van der Waals surface area contributed by atoms with Crippen LogP contribution in [-0.2, 0) is 14.8 Å². The number of carbonyl (C=O) groups is 1. The van der Waals surface area contributed by atoms with Crippen molar-refractivity contribution in [2.75, 3.05) is 23.0 Å². The fourth-order valence-electron chi connectivity index (χ4n) is 2.60. The van der Waals surface area contributed by atoms with Crippen molar-refractivity contribution in [1.82, 2.24) is 0 Å². The molecular formula is C18H21ClN2O4S. The van der Waals surface area contributed by atoms with Gasteiger partial charge in [-0.3, -0.25) is 9.10 Å². The lowest BCUT2D eigenvalue weighted by atomic mass is 10.1. The maximum atomic E-state index is 12.8. The molecule has 8 heteroatoms. The zero-order chi connectivity index (χ0) is 19.3. The van der Waals surface area contributed by atoms with Gasteiger partial charge in [-0.1, -0.05) is 30.7 Å². The van der Waals surface area contributed by atoms with Crippen molar-refractivity contribution in [2.45, 2.75) is 19.4 Å². The van der Waals surface area contributed by atoms with Gasteiger partial charge in [0.1, 0.15) is 11.8 Å². The summed E-state index contributed by atoms with van der Waals surface area (Å²) in [7, 11) is -2.18. The number of rotatable bonds is 7. The Kier molecular flexibility index (Phi) is 6.50. The van der Waals surface area contributed by atoms with Crippen LogP contribution < -0.4 is 14.4 Å². The van der Waals surface area contributed by atoms with Gasteiger partial charge in [-0.15, -0.1) is 0 Å². The Bertz CT molecular complexity index is 886. The molecule has 0 heterocycles. The van der Waals surface area contributed by atoms with E-state index in [0.717, 1.165) is 10.6 Å². The van der Waals surface area contributed by atoms with E-state index in [0.29, 0.717) is 22.1 Å². The van der Waals surface area contributed by atoms with Crippen LogP contribution in [0, 0.1) is 0 Å². The smallest absolute Gasteiger partial charge is 0.248 e. The van der Waals surface area contributed by atoms with Crippen LogP contribution in [0.5, 0.6) is 5.75 Å². The average Bonchev–Trinajstić information content (AvgIpc) is 2.58. The van der Waals surface area contributed by atoms with Gasteiger partial charge in [0.05, 0.1) is 19.1 Å². The first-order chi connectivity index (χ1) is 12.3. The number of sulfonamides is 1. The van der Waals surface area contributed by atoms with E-state index in [1.54, 1.807) is 49.4 Å². The minimum absolute atomic E-state index is 0.287. The molecule has 2 aromatic rings. The highest BCUT2D eigenvalue weighted by atomic mass is 35.5. The largest absolute Gasteiger partial charge is 0.497 e. The number of ether oxygens (including phenoxy) is 1. The average molecular weight is 397 g/mol. The summed E-state index contributed by atoms with van der Waals surface area (Å²) in [4.78, 5) is 12.8. The number of benzene rings is 2. The Morgan fingerprint density at radius 3 is 2.50 bits per heavy atom. The molecule has 2 rings (SSSR count). The van der Waals surface area contributed by atoms with Crippen molar-refractivity contribution in [3.63, 3.8) is 0 Å². The molecule has 0 saturated carbocycles. The highest BCUT2D eigenvalue weighted by Crippen LogP contribution is 2.26. The van der Waals surface area contributed by atoms with Crippen LogP contribution in [-0.4, -0.2) is 33.7 Å². The second-order valence-corrected chi connectivity index (χ2v) is 7.98. The molecule has 2 aromatic carbocycles. The Morgan fingerprint density at radius 1 is 1.23 bits per heavy atom. The predicted octanol–water partition coefficient (Wildman–Crippen LogP) is 3.53. The molecule has 1 atom stereocenters. The first-order valence-corrected chi connectivity index (χ1v) is 10.2. The molecule has 0 aliphatic rings. The summed E-state index contributed by atoms with van der Waals surface area (Å²) in [5, 5.41) is 3.13. The van der Waals surface area contributed by atoms with Crippen LogP contribution in [0.4, 0.5) is 11.4 Å². The maximum Gasteiger partial charge on any atom is 0.248 e. The number of nitrogens with one attached hydrogen (secondary N) is 1. The minimum atomic E-state index is -3.71. The number of hydrogen-bond donors (Lipinski definition) is 1. The van der Waals surface area contributed by atoms with E-state index in [1.165, 1.54) is 13.2 Å². The summed E-state index contributed by atoms with van der Waals surface area (Å²) in [6.45, 7) is 1.75. The Hall–Kier alpha value is -2.25. The number of nitrogens with zero attached hydrogens (tertiary/aromatic N) is 1.